The minimum absolute atomic E-state index is 0.165. The Morgan fingerprint density at radius 3 is 2.73 bits per heavy atom. The number of nitrogens with zero attached hydrogens (tertiary/aromatic N) is 6. The summed E-state index contributed by atoms with van der Waals surface area (Å²) in [6, 6.07) is 14.2. The number of aromatic nitrogens is 6. The maximum Gasteiger partial charge on any atom is 0.182 e. The van der Waals surface area contributed by atoms with Crippen molar-refractivity contribution in [1.82, 2.24) is 29.4 Å². The molecule has 0 atom stereocenters. The fourth-order valence-electron chi connectivity index (χ4n) is 2.88. The van der Waals surface area contributed by atoms with Crippen LogP contribution in [0.4, 0.5) is 0 Å². The molecule has 26 heavy (non-hydrogen) atoms. The molecule has 3 aromatic heterocycles. The SMILES string of the molecule is Oc1cccc(-c2nc3c4cnn(-c5cccc(Cl)c5)c4ncn3n2)c1. The summed E-state index contributed by atoms with van der Waals surface area (Å²) >= 11 is 6.08. The number of phenolic OH excluding ortho intramolecular Hbond substituents is 1. The molecule has 0 saturated heterocycles. The Morgan fingerprint density at radius 1 is 1.00 bits per heavy atom. The highest BCUT2D eigenvalue weighted by Crippen LogP contribution is 2.25. The number of rotatable bonds is 2. The van der Waals surface area contributed by atoms with Crippen molar-refractivity contribution in [2.75, 3.05) is 0 Å². The van der Waals surface area contributed by atoms with E-state index in [2.05, 4.69) is 20.2 Å². The van der Waals surface area contributed by atoms with Crippen LogP contribution in [0.3, 0.4) is 0 Å². The van der Waals surface area contributed by atoms with E-state index in [0.29, 0.717) is 22.1 Å². The van der Waals surface area contributed by atoms with Crippen LogP contribution in [0.1, 0.15) is 0 Å². The molecule has 0 unspecified atom stereocenters. The van der Waals surface area contributed by atoms with Crippen LogP contribution in [0.15, 0.2) is 61.1 Å². The van der Waals surface area contributed by atoms with E-state index in [1.165, 1.54) is 0 Å². The lowest BCUT2D eigenvalue weighted by Crippen LogP contribution is -1.98. The summed E-state index contributed by atoms with van der Waals surface area (Å²) in [5.74, 6) is 0.670. The number of benzene rings is 2. The Balaban J connectivity index is 1.71. The minimum atomic E-state index is 0.165. The Morgan fingerprint density at radius 2 is 1.88 bits per heavy atom. The van der Waals surface area contributed by atoms with Gasteiger partial charge in [0, 0.05) is 10.6 Å². The molecule has 0 fully saturated rings. The first-order valence-electron chi connectivity index (χ1n) is 7.83. The summed E-state index contributed by atoms with van der Waals surface area (Å²) in [5.41, 5.74) is 2.84. The van der Waals surface area contributed by atoms with Gasteiger partial charge in [0.1, 0.15) is 12.1 Å². The van der Waals surface area contributed by atoms with Gasteiger partial charge in [0.15, 0.2) is 17.1 Å². The molecule has 126 valence electrons. The van der Waals surface area contributed by atoms with Gasteiger partial charge in [-0.2, -0.15) is 5.10 Å². The molecule has 0 spiro atoms. The third-order valence-corrected chi connectivity index (χ3v) is 4.30. The van der Waals surface area contributed by atoms with E-state index < -0.39 is 0 Å². The second-order valence-corrected chi connectivity index (χ2v) is 6.21. The molecular formula is C18H11ClN6O. The summed E-state index contributed by atoms with van der Waals surface area (Å²) in [6.07, 6.45) is 3.30. The van der Waals surface area contributed by atoms with Gasteiger partial charge in [-0.15, -0.1) is 5.10 Å². The predicted molar refractivity (Wildman–Crippen MR) is 97.5 cm³/mol. The summed E-state index contributed by atoms with van der Waals surface area (Å²) in [6.45, 7) is 0. The van der Waals surface area contributed by atoms with E-state index >= 15 is 0 Å². The quantitative estimate of drug-likeness (QED) is 0.520. The molecule has 3 heterocycles. The summed E-state index contributed by atoms with van der Waals surface area (Å²) in [4.78, 5) is 9.07. The maximum absolute atomic E-state index is 9.67. The third kappa shape index (κ3) is 2.29. The van der Waals surface area contributed by atoms with Gasteiger partial charge in [-0.25, -0.2) is 19.2 Å². The van der Waals surface area contributed by atoms with Gasteiger partial charge < -0.3 is 5.11 Å². The molecule has 0 saturated carbocycles. The second-order valence-electron chi connectivity index (χ2n) is 5.77. The van der Waals surface area contributed by atoms with Crippen molar-refractivity contribution in [3.05, 3.63) is 66.1 Å². The molecule has 5 rings (SSSR count). The third-order valence-electron chi connectivity index (χ3n) is 4.06. The predicted octanol–water partition coefficient (Wildman–Crippen LogP) is 3.49. The van der Waals surface area contributed by atoms with Crippen molar-refractivity contribution in [3.8, 4) is 22.8 Å². The number of aromatic hydroxyl groups is 1. The van der Waals surface area contributed by atoms with Crippen molar-refractivity contribution in [2.45, 2.75) is 0 Å². The molecule has 1 N–H and O–H groups in total. The van der Waals surface area contributed by atoms with E-state index in [-0.39, 0.29) is 5.75 Å². The lowest BCUT2D eigenvalue weighted by Gasteiger charge is -2.02. The van der Waals surface area contributed by atoms with Crippen LogP contribution >= 0.6 is 11.6 Å². The smallest absolute Gasteiger partial charge is 0.182 e. The summed E-state index contributed by atoms with van der Waals surface area (Å²) in [7, 11) is 0. The highest BCUT2D eigenvalue weighted by atomic mass is 35.5. The molecule has 0 aliphatic carbocycles. The van der Waals surface area contributed by atoms with Gasteiger partial charge in [0.25, 0.3) is 0 Å². The number of halogens is 1. The van der Waals surface area contributed by atoms with Gasteiger partial charge in [-0.3, -0.25) is 0 Å². The van der Waals surface area contributed by atoms with E-state index in [9.17, 15) is 5.11 Å². The molecule has 0 bridgehead atoms. The van der Waals surface area contributed by atoms with Crippen LogP contribution in [0.25, 0.3) is 33.8 Å². The Bertz CT molecular complexity index is 1280. The van der Waals surface area contributed by atoms with Crippen molar-refractivity contribution in [1.29, 1.82) is 0 Å². The van der Waals surface area contributed by atoms with Crippen LogP contribution in [0.2, 0.25) is 5.02 Å². The monoisotopic (exact) mass is 362 g/mol. The van der Waals surface area contributed by atoms with Crippen LogP contribution in [0.5, 0.6) is 5.75 Å². The average molecular weight is 363 g/mol. The van der Waals surface area contributed by atoms with Crippen LogP contribution in [-0.4, -0.2) is 34.5 Å². The van der Waals surface area contributed by atoms with Gasteiger partial charge in [-0.05, 0) is 30.3 Å². The lowest BCUT2D eigenvalue weighted by atomic mass is 10.2. The van der Waals surface area contributed by atoms with Gasteiger partial charge in [-0.1, -0.05) is 29.8 Å². The number of hydrogen-bond donors (Lipinski definition) is 1. The van der Waals surface area contributed by atoms with Gasteiger partial charge >= 0.3 is 0 Å². The Kier molecular flexibility index (Phi) is 3.16. The number of fused-ring (bicyclic) bond motifs is 3. The zero-order valence-electron chi connectivity index (χ0n) is 13.3. The first kappa shape index (κ1) is 14.9. The molecule has 8 heteroatoms. The minimum Gasteiger partial charge on any atom is -0.508 e. The lowest BCUT2D eigenvalue weighted by molar-refractivity contribution is 0.475. The molecule has 7 nitrogen and oxygen atoms in total. The molecule has 0 aliphatic heterocycles. The first-order valence-corrected chi connectivity index (χ1v) is 8.21. The molecule has 0 radical (unpaired) electrons. The molecule has 2 aromatic carbocycles. The van der Waals surface area contributed by atoms with Crippen LogP contribution in [0, 0.1) is 0 Å². The molecule has 5 aromatic rings. The number of hydrogen-bond acceptors (Lipinski definition) is 5. The van der Waals surface area contributed by atoms with Gasteiger partial charge in [0.2, 0.25) is 0 Å². The second kappa shape index (κ2) is 5.53. The van der Waals surface area contributed by atoms with Crippen LogP contribution in [-0.2, 0) is 0 Å². The standard InChI is InChI=1S/C18H11ClN6O/c19-12-4-2-5-13(8-12)25-17-15(9-21-25)18-22-16(23-24(18)10-20-17)11-3-1-6-14(26)7-11/h1-10,26H. The molecule has 0 amide bonds. The zero-order chi connectivity index (χ0) is 17.7. The Labute approximate surface area is 152 Å². The van der Waals surface area contributed by atoms with E-state index in [1.807, 2.05) is 30.3 Å². The maximum atomic E-state index is 9.67. The highest BCUT2D eigenvalue weighted by molar-refractivity contribution is 6.30. The van der Waals surface area contributed by atoms with E-state index in [0.717, 1.165) is 16.6 Å². The fourth-order valence-corrected chi connectivity index (χ4v) is 3.07. The van der Waals surface area contributed by atoms with Crippen LogP contribution < -0.4 is 0 Å². The Hall–Kier alpha value is -3.45. The number of phenols is 1. The van der Waals surface area contributed by atoms with Crippen molar-refractivity contribution < 1.29 is 5.11 Å². The van der Waals surface area contributed by atoms with Gasteiger partial charge in [0.05, 0.1) is 17.3 Å². The zero-order valence-corrected chi connectivity index (χ0v) is 14.0. The first-order chi connectivity index (χ1) is 12.7. The topological polar surface area (TPSA) is 81.1 Å². The molecule has 0 aliphatic rings. The van der Waals surface area contributed by atoms with E-state index in [1.54, 1.807) is 39.9 Å². The van der Waals surface area contributed by atoms with Crippen molar-refractivity contribution >= 4 is 28.3 Å². The normalized spacial score (nSPS) is 11.4. The van der Waals surface area contributed by atoms with E-state index in [4.69, 9.17) is 11.6 Å². The fraction of sp³-hybridized carbons (Fsp3) is 0. The van der Waals surface area contributed by atoms with Crippen molar-refractivity contribution in [3.63, 3.8) is 0 Å². The largest absolute Gasteiger partial charge is 0.508 e. The average Bonchev–Trinajstić information content (AvgIpc) is 3.25. The summed E-state index contributed by atoms with van der Waals surface area (Å²) < 4.78 is 3.32. The summed E-state index contributed by atoms with van der Waals surface area (Å²) in [5, 5.41) is 19.9. The highest BCUT2D eigenvalue weighted by Gasteiger charge is 2.14. The van der Waals surface area contributed by atoms with Crippen molar-refractivity contribution in [2.24, 2.45) is 0 Å². The molecular weight excluding hydrogens is 352 g/mol.